The van der Waals surface area contributed by atoms with Crippen LogP contribution in [0.2, 0.25) is 0 Å². The lowest BCUT2D eigenvalue weighted by Crippen LogP contribution is -2.21. The van der Waals surface area contributed by atoms with Crippen molar-refractivity contribution in [3.63, 3.8) is 0 Å². The molecule has 0 radical (unpaired) electrons. The molecule has 0 fully saturated rings. The molecular formula is C13H17N3O. The third kappa shape index (κ3) is 1.91. The van der Waals surface area contributed by atoms with E-state index in [1.165, 1.54) is 0 Å². The molecule has 0 bridgehead atoms. The zero-order valence-electron chi connectivity index (χ0n) is 10.2. The molecule has 0 aliphatic carbocycles. The maximum Gasteiger partial charge on any atom is 0.274 e. The molecule has 2 rings (SSSR count). The Balaban J connectivity index is 2.64. The smallest absolute Gasteiger partial charge is 0.274 e. The molecule has 90 valence electrons. The molecule has 1 aromatic heterocycles. The first-order chi connectivity index (χ1) is 8.16. The summed E-state index contributed by atoms with van der Waals surface area (Å²) in [6.45, 7) is 2.45. The van der Waals surface area contributed by atoms with E-state index >= 15 is 0 Å². The van der Waals surface area contributed by atoms with Gasteiger partial charge in [-0.05, 0) is 32.0 Å². The number of para-hydroxylation sites is 1. The van der Waals surface area contributed by atoms with Crippen LogP contribution in [0, 0.1) is 6.92 Å². The Bertz CT molecular complexity index is 566. The summed E-state index contributed by atoms with van der Waals surface area (Å²) in [6.07, 6.45) is 0.623. The highest BCUT2D eigenvalue weighted by atomic mass is 16.1. The Hall–Kier alpha value is -1.81. The number of hydrogen-bond acceptors (Lipinski definition) is 2. The van der Waals surface area contributed by atoms with Gasteiger partial charge in [-0.3, -0.25) is 9.48 Å². The Labute approximate surface area is 100 Å². The van der Waals surface area contributed by atoms with Crippen molar-refractivity contribution in [2.24, 2.45) is 12.8 Å². The van der Waals surface area contributed by atoms with Crippen LogP contribution in [0.25, 0.3) is 5.69 Å². The summed E-state index contributed by atoms with van der Waals surface area (Å²) in [6, 6.07) is 9.63. The van der Waals surface area contributed by atoms with E-state index in [0.29, 0.717) is 13.0 Å². The molecule has 17 heavy (non-hydrogen) atoms. The number of nitrogens with zero attached hydrogens (tertiary/aromatic N) is 2. The van der Waals surface area contributed by atoms with Gasteiger partial charge in [0.15, 0.2) is 0 Å². The molecule has 0 aliphatic heterocycles. The molecule has 0 saturated carbocycles. The number of rotatable bonds is 3. The van der Waals surface area contributed by atoms with Gasteiger partial charge in [-0.2, -0.15) is 0 Å². The zero-order chi connectivity index (χ0) is 12.4. The highest BCUT2D eigenvalue weighted by molar-refractivity contribution is 5.33. The minimum atomic E-state index is 0.0293. The summed E-state index contributed by atoms with van der Waals surface area (Å²) in [4.78, 5) is 12.3. The van der Waals surface area contributed by atoms with E-state index < -0.39 is 0 Å². The second kappa shape index (κ2) is 4.59. The third-order valence-corrected chi connectivity index (χ3v) is 3.07. The summed E-state index contributed by atoms with van der Waals surface area (Å²) in [5, 5.41) is 0. The first-order valence-electron chi connectivity index (χ1n) is 5.69. The number of hydrogen-bond donors (Lipinski definition) is 1. The van der Waals surface area contributed by atoms with Gasteiger partial charge in [0.05, 0.1) is 5.69 Å². The maximum atomic E-state index is 12.3. The van der Waals surface area contributed by atoms with Gasteiger partial charge in [-0.1, -0.05) is 18.2 Å². The van der Waals surface area contributed by atoms with E-state index in [2.05, 4.69) is 0 Å². The van der Waals surface area contributed by atoms with Crippen LogP contribution in [0.1, 0.15) is 11.3 Å². The van der Waals surface area contributed by atoms with Crippen molar-refractivity contribution in [2.75, 3.05) is 6.54 Å². The van der Waals surface area contributed by atoms with Crippen molar-refractivity contribution in [2.45, 2.75) is 13.3 Å². The van der Waals surface area contributed by atoms with Gasteiger partial charge in [0.25, 0.3) is 5.56 Å². The molecule has 0 spiro atoms. The minimum Gasteiger partial charge on any atom is -0.330 e. The van der Waals surface area contributed by atoms with Crippen LogP contribution in [-0.4, -0.2) is 15.9 Å². The average Bonchev–Trinajstić information content (AvgIpc) is 2.55. The zero-order valence-corrected chi connectivity index (χ0v) is 10.2. The van der Waals surface area contributed by atoms with Crippen LogP contribution >= 0.6 is 0 Å². The Morgan fingerprint density at radius 1 is 1.24 bits per heavy atom. The summed E-state index contributed by atoms with van der Waals surface area (Å²) in [5.74, 6) is 0. The molecular weight excluding hydrogens is 214 g/mol. The van der Waals surface area contributed by atoms with Crippen LogP contribution in [0.15, 0.2) is 35.1 Å². The Morgan fingerprint density at radius 3 is 2.47 bits per heavy atom. The van der Waals surface area contributed by atoms with Gasteiger partial charge >= 0.3 is 0 Å². The van der Waals surface area contributed by atoms with E-state index in [4.69, 9.17) is 5.73 Å². The van der Waals surface area contributed by atoms with E-state index in [9.17, 15) is 4.79 Å². The van der Waals surface area contributed by atoms with Crippen LogP contribution in [-0.2, 0) is 13.5 Å². The topological polar surface area (TPSA) is 53.0 Å². The largest absolute Gasteiger partial charge is 0.330 e. The van der Waals surface area contributed by atoms with Gasteiger partial charge in [0, 0.05) is 18.3 Å². The molecule has 0 aliphatic rings. The molecule has 2 aromatic rings. The fourth-order valence-electron chi connectivity index (χ4n) is 2.06. The molecule has 1 aromatic carbocycles. The quantitative estimate of drug-likeness (QED) is 0.856. The molecule has 0 unspecified atom stereocenters. The molecule has 0 atom stereocenters. The monoisotopic (exact) mass is 231 g/mol. The van der Waals surface area contributed by atoms with Crippen molar-refractivity contribution in [1.82, 2.24) is 9.36 Å². The summed E-state index contributed by atoms with van der Waals surface area (Å²) < 4.78 is 3.56. The average molecular weight is 231 g/mol. The van der Waals surface area contributed by atoms with Crippen molar-refractivity contribution in [1.29, 1.82) is 0 Å². The predicted octanol–water partition coefficient (Wildman–Crippen LogP) is 0.986. The van der Waals surface area contributed by atoms with Crippen LogP contribution < -0.4 is 11.3 Å². The molecule has 2 N–H and O–H groups in total. The van der Waals surface area contributed by atoms with Gasteiger partial charge in [-0.25, -0.2) is 4.68 Å². The van der Waals surface area contributed by atoms with Crippen LogP contribution in [0.3, 0.4) is 0 Å². The summed E-state index contributed by atoms with van der Waals surface area (Å²) in [7, 11) is 1.89. The molecule has 4 nitrogen and oxygen atoms in total. The summed E-state index contributed by atoms with van der Waals surface area (Å²) >= 11 is 0. The van der Waals surface area contributed by atoms with E-state index in [0.717, 1.165) is 16.9 Å². The number of aromatic nitrogens is 2. The van der Waals surface area contributed by atoms with Crippen molar-refractivity contribution in [3.8, 4) is 5.69 Å². The van der Waals surface area contributed by atoms with Crippen molar-refractivity contribution >= 4 is 0 Å². The standard InChI is InChI=1S/C13H17N3O/c1-10-12(8-9-14)13(17)16(15(10)2)11-6-4-3-5-7-11/h3-7H,8-9,14H2,1-2H3. The van der Waals surface area contributed by atoms with Crippen LogP contribution in [0.4, 0.5) is 0 Å². The van der Waals surface area contributed by atoms with Crippen molar-refractivity contribution < 1.29 is 0 Å². The van der Waals surface area contributed by atoms with Gasteiger partial charge < -0.3 is 5.73 Å². The highest BCUT2D eigenvalue weighted by Gasteiger charge is 2.14. The predicted molar refractivity (Wildman–Crippen MR) is 68.5 cm³/mol. The maximum absolute atomic E-state index is 12.3. The normalized spacial score (nSPS) is 10.8. The lowest BCUT2D eigenvalue weighted by atomic mass is 10.2. The third-order valence-electron chi connectivity index (χ3n) is 3.07. The fraction of sp³-hybridized carbons (Fsp3) is 0.308. The van der Waals surface area contributed by atoms with Gasteiger partial charge in [0.1, 0.15) is 0 Å². The van der Waals surface area contributed by atoms with Gasteiger partial charge in [-0.15, -0.1) is 0 Å². The SMILES string of the molecule is Cc1c(CCN)c(=O)n(-c2ccccc2)n1C. The van der Waals surface area contributed by atoms with E-state index in [1.807, 2.05) is 49.0 Å². The molecule has 1 heterocycles. The molecule has 4 heteroatoms. The lowest BCUT2D eigenvalue weighted by molar-refractivity contribution is 0.630. The van der Waals surface area contributed by atoms with Gasteiger partial charge in [0.2, 0.25) is 0 Å². The first-order valence-corrected chi connectivity index (χ1v) is 5.69. The Morgan fingerprint density at radius 2 is 1.88 bits per heavy atom. The Kier molecular flexibility index (Phi) is 3.15. The van der Waals surface area contributed by atoms with Crippen molar-refractivity contribution in [3.05, 3.63) is 51.9 Å². The first kappa shape index (κ1) is 11.7. The van der Waals surface area contributed by atoms with E-state index in [1.54, 1.807) is 4.68 Å². The number of benzene rings is 1. The molecule has 0 saturated heterocycles. The van der Waals surface area contributed by atoms with E-state index in [-0.39, 0.29) is 5.56 Å². The molecule has 0 amide bonds. The lowest BCUT2D eigenvalue weighted by Gasteiger charge is -2.07. The second-order valence-corrected chi connectivity index (χ2v) is 4.08. The second-order valence-electron chi connectivity index (χ2n) is 4.08. The number of nitrogens with two attached hydrogens (primary N) is 1. The fourth-order valence-corrected chi connectivity index (χ4v) is 2.06. The van der Waals surface area contributed by atoms with Crippen LogP contribution in [0.5, 0.6) is 0 Å². The summed E-state index contributed by atoms with van der Waals surface area (Å²) in [5.41, 5.74) is 8.23. The minimum absolute atomic E-state index is 0.0293. The highest BCUT2D eigenvalue weighted by Crippen LogP contribution is 2.09.